The molecule has 0 saturated heterocycles. The van der Waals surface area contributed by atoms with Gasteiger partial charge in [-0.2, -0.15) is 5.26 Å². The van der Waals surface area contributed by atoms with Gasteiger partial charge in [0, 0.05) is 11.8 Å². The molecule has 8 nitrogen and oxygen atoms in total. The van der Waals surface area contributed by atoms with Crippen LogP contribution in [0.1, 0.15) is 53.5 Å². The monoisotopic (exact) mass is 439 g/mol. The zero-order valence-electron chi connectivity index (χ0n) is 19.7. The molecule has 5 N–H and O–H groups in total. The lowest BCUT2D eigenvalue weighted by Gasteiger charge is -2.33. The fourth-order valence-corrected chi connectivity index (χ4v) is 3.49. The number of alkyl carbamates (subject to hydrolysis) is 1. The molecular formula is C24H33N5O3. The number of nitrogens with two attached hydrogens (primary N) is 2. The van der Waals surface area contributed by atoms with E-state index in [0.717, 1.165) is 5.56 Å². The quantitative estimate of drug-likeness (QED) is 0.578. The fourth-order valence-electron chi connectivity index (χ4n) is 3.49. The standard InChI is InChI=1S/C24H33N5O3/c1-15(2)12-24(6,29-22(30)32-23(3,4)5)14-31-19-8-7-16(11-17(19)13-25)18-9-10-28-21(27)20(18)26/h7-11,15H,12,14,26H2,1-6H3,(H2,27,28)(H,29,30)/t24-/m0/s1. The maximum atomic E-state index is 12.4. The summed E-state index contributed by atoms with van der Waals surface area (Å²) in [5, 5.41) is 12.6. The average molecular weight is 440 g/mol. The number of hydrogen-bond donors (Lipinski definition) is 3. The first-order valence-corrected chi connectivity index (χ1v) is 10.5. The third kappa shape index (κ3) is 6.77. The summed E-state index contributed by atoms with van der Waals surface area (Å²) in [7, 11) is 0. The van der Waals surface area contributed by atoms with E-state index in [0.29, 0.717) is 34.9 Å². The van der Waals surface area contributed by atoms with Gasteiger partial charge in [0.1, 0.15) is 29.8 Å². The average Bonchev–Trinajstić information content (AvgIpc) is 2.66. The molecule has 0 saturated carbocycles. The van der Waals surface area contributed by atoms with Crippen LogP contribution >= 0.6 is 0 Å². The van der Waals surface area contributed by atoms with Gasteiger partial charge in [-0.25, -0.2) is 9.78 Å². The van der Waals surface area contributed by atoms with E-state index in [1.165, 1.54) is 0 Å². The van der Waals surface area contributed by atoms with Gasteiger partial charge in [0.15, 0.2) is 0 Å². The summed E-state index contributed by atoms with van der Waals surface area (Å²) in [5.74, 6) is 0.952. The van der Waals surface area contributed by atoms with Crippen LogP contribution in [0.15, 0.2) is 30.5 Å². The maximum Gasteiger partial charge on any atom is 0.408 e. The van der Waals surface area contributed by atoms with Crippen LogP contribution in [0, 0.1) is 17.2 Å². The van der Waals surface area contributed by atoms with Gasteiger partial charge in [-0.3, -0.25) is 0 Å². The molecule has 1 aromatic carbocycles. The molecule has 1 amide bonds. The van der Waals surface area contributed by atoms with Gasteiger partial charge in [-0.15, -0.1) is 0 Å². The third-order valence-corrected chi connectivity index (χ3v) is 4.64. The number of rotatable bonds is 7. The summed E-state index contributed by atoms with van der Waals surface area (Å²) < 4.78 is 11.4. The predicted molar refractivity (Wildman–Crippen MR) is 126 cm³/mol. The zero-order chi connectivity index (χ0) is 24.1. The predicted octanol–water partition coefficient (Wildman–Crippen LogP) is 4.49. The molecule has 8 heteroatoms. The number of hydrogen-bond acceptors (Lipinski definition) is 7. The largest absolute Gasteiger partial charge is 0.490 e. The van der Waals surface area contributed by atoms with E-state index in [4.69, 9.17) is 20.9 Å². The lowest BCUT2D eigenvalue weighted by atomic mass is 9.91. The molecule has 0 unspecified atom stereocenters. The minimum atomic E-state index is -0.689. The van der Waals surface area contributed by atoms with E-state index in [-0.39, 0.29) is 12.4 Å². The van der Waals surface area contributed by atoms with E-state index in [2.05, 4.69) is 30.2 Å². The number of nitriles is 1. The molecule has 0 bridgehead atoms. The van der Waals surface area contributed by atoms with Gasteiger partial charge < -0.3 is 26.3 Å². The minimum Gasteiger partial charge on any atom is -0.490 e. The molecule has 2 aromatic rings. The molecule has 0 fully saturated rings. The van der Waals surface area contributed by atoms with Crippen LogP contribution < -0.4 is 21.5 Å². The molecule has 32 heavy (non-hydrogen) atoms. The molecule has 1 aromatic heterocycles. The number of benzene rings is 1. The molecule has 1 heterocycles. The molecule has 0 spiro atoms. The van der Waals surface area contributed by atoms with Crippen LogP contribution in [0.25, 0.3) is 11.1 Å². The van der Waals surface area contributed by atoms with Crippen LogP contribution in [-0.4, -0.2) is 28.8 Å². The smallest absolute Gasteiger partial charge is 0.408 e. The summed E-state index contributed by atoms with van der Waals surface area (Å²) in [6, 6.07) is 9.13. The Balaban J connectivity index is 2.24. The van der Waals surface area contributed by atoms with Crippen LogP contribution in [0.4, 0.5) is 16.3 Å². The van der Waals surface area contributed by atoms with Crippen molar-refractivity contribution in [3.63, 3.8) is 0 Å². The number of ether oxygens (including phenoxy) is 2. The number of carbonyl (C=O) groups is 1. The van der Waals surface area contributed by atoms with Crippen molar-refractivity contribution < 1.29 is 14.3 Å². The highest BCUT2D eigenvalue weighted by atomic mass is 16.6. The lowest BCUT2D eigenvalue weighted by Crippen LogP contribution is -2.52. The van der Waals surface area contributed by atoms with Crippen molar-refractivity contribution in [2.24, 2.45) is 5.92 Å². The Kier molecular flexibility index (Phi) is 7.57. The maximum absolute atomic E-state index is 12.4. The summed E-state index contributed by atoms with van der Waals surface area (Å²) >= 11 is 0. The van der Waals surface area contributed by atoms with Crippen molar-refractivity contribution in [1.29, 1.82) is 5.26 Å². The van der Waals surface area contributed by atoms with Crippen LogP contribution in [0.3, 0.4) is 0 Å². The van der Waals surface area contributed by atoms with E-state index < -0.39 is 17.2 Å². The summed E-state index contributed by atoms with van der Waals surface area (Å²) in [6.45, 7) is 11.6. The molecular weight excluding hydrogens is 406 g/mol. The Morgan fingerprint density at radius 1 is 1.22 bits per heavy atom. The van der Waals surface area contributed by atoms with Crippen molar-refractivity contribution in [3.05, 3.63) is 36.0 Å². The number of nitrogen functional groups attached to an aromatic ring is 2. The van der Waals surface area contributed by atoms with E-state index in [9.17, 15) is 10.1 Å². The van der Waals surface area contributed by atoms with Gasteiger partial charge >= 0.3 is 6.09 Å². The minimum absolute atomic E-state index is 0.169. The van der Waals surface area contributed by atoms with Gasteiger partial charge in [-0.05, 0) is 63.8 Å². The summed E-state index contributed by atoms with van der Waals surface area (Å²) in [4.78, 5) is 16.4. The van der Waals surface area contributed by atoms with Crippen LogP contribution in [-0.2, 0) is 4.74 Å². The number of carbonyl (C=O) groups excluding carboxylic acids is 1. The van der Waals surface area contributed by atoms with Crippen molar-refractivity contribution in [3.8, 4) is 22.9 Å². The Labute approximate surface area is 189 Å². The lowest BCUT2D eigenvalue weighted by molar-refractivity contribution is 0.0408. The van der Waals surface area contributed by atoms with Gasteiger partial charge in [0.25, 0.3) is 0 Å². The normalized spacial score (nSPS) is 13.2. The van der Waals surface area contributed by atoms with Crippen molar-refractivity contribution in [1.82, 2.24) is 10.3 Å². The second-order valence-electron chi connectivity index (χ2n) is 9.55. The van der Waals surface area contributed by atoms with E-state index in [1.807, 2.05) is 33.8 Å². The topological polar surface area (TPSA) is 136 Å². The van der Waals surface area contributed by atoms with E-state index >= 15 is 0 Å². The number of nitrogens with zero attached hydrogens (tertiary/aromatic N) is 2. The number of pyridine rings is 1. The Morgan fingerprint density at radius 3 is 2.50 bits per heavy atom. The van der Waals surface area contributed by atoms with Gasteiger partial charge in [0.05, 0.1) is 16.8 Å². The summed E-state index contributed by atoms with van der Waals surface area (Å²) in [5.41, 5.74) is 12.7. The second-order valence-corrected chi connectivity index (χ2v) is 9.55. The highest BCUT2D eigenvalue weighted by molar-refractivity contribution is 5.83. The number of amides is 1. The van der Waals surface area contributed by atoms with Crippen molar-refractivity contribution in [2.75, 3.05) is 18.1 Å². The first kappa shape index (κ1) is 24.8. The number of anilines is 2. The second kappa shape index (κ2) is 9.77. The number of aromatic nitrogens is 1. The Morgan fingerprint density at radius 2 is 1.91 bits per heavy atom. The van der Waals surface area contributed by atoms with Gasteiger partial charge in [-0.1, -0.05) is 19.9 Å². The molecule has 2 rings (SSSR count). The highest BCUT2D eigenvalue weighted by Crippen LogP contribution is 2.32. The fraction of sp³-hybridized carbons (Fsp3) is 0.458. The third-order valence-electron chi connectivity index (χ3n) is 4.64. The van der Waals surface area contributed by atoms with Crippen molar-refractivity contribution in [2.45, 2.75) is 59.1 Å². The van der Waals surface area contributed by atoms with Crippen molar-refractivity contribution >= 4 is 17.6 Å². The number of nitrogens with one attached hydrogen (secondary N) is 1. The molecule has 0 aliphatic carbocycles. The molecule has 0 aliphatic heterocycles. The van der Waals surface area contributed by atoms with Crippen LogP contribution in [0.5, 0.6) is 5.75 Å². The Hall–Kier alpha value is -3.47. The SMILES string of the molecule is CC(C)C[C@@](C)(COc1ccc(-c2ccnc(N)c2N)cc1C#N)NC(=O)OC(C)(C)C. The molecule has 0 aliphatic rings. The first-order valence-electron chi connectivity index (χ1n) is 10.5. The van der Waals surface area contributed by atoms with Crippen LogP contribution in [0.2, 0.25) is 0 Å². The molecule has 172 valence electrons. The van der Waals surface area contributed by atoms with Gasteiger partial charge in [0.2, 0.25) is 0 Å². The molecule has 0 radical (unpaired) electrons. The zero-order valence-corrected chi connectivity index (χ0v) is 19.7. The van der Waals surface area contributed by atoms with E-state index in [1.54, 1.807) is 24.4 Å². The highest BCUT2D eigenvalue weighted by Gasteiger charge is 2.31. The Bertz CT molecular complexity index is 1010. The first-order chi connectivity index (χ1) is 14.8. The summed E-state index contributed by atoms with van der Waals surface area (Å²) in [6.07, 6.45) is 1.72. The molecule has 1 atom stereocenters.